The first-order valence-corrected chi connectivity index (χ1v) is 6.14. The number of hydrogen-bond acceptors (Lipinski definition) is 5. The van der Waals surface area contributed by atoms with E-state index in [1.54, 1.807) is 19.0 Å². The molecule has 1 aromatic rings. The van der Waals surface area contributed by atoms with Gasteiger partial charge in [-0.15, -0.1) is 0 Å². The third-order valence-electron chi connectivity index (χ3n) is 2.28. The van der Waals surface area contributed by atoms with Crippen LogP contribution >= 0.6 is 11.6 Å². The molecule has 0 atom stereocenters. The molecule has 0 aromatic carbocycles. The van der Waals surface area contributed by atoms with Gasteiger partial charge in [0.2, 0.25) is 11.9 Å². The molecular formula is C11H18ClN5O. The fraction of sp³-hybridized carbons (Fsp3) is 0.545. The molecule has 1 rings (SSSR count). The molecule has 100 valence electrons. The van der Waals surface area contributed by atoms with E-state index in [1.807, 2.05) is 0 Å². The normalized spacial score (nSPS) is 10.0. The van der Waals surface area contributed by atoms with Crippen LogP contribution in [0.3, 0.4) is 0 Å². The Hall–Kier alpha value is -1.56. The van der Waals surface area contributed by atoms with Gasteiger partial charge in [0, 0.05) is 20.6 Å². The topological polar surface area (TPSA) is 70.2 Å². The Labute approximate surface area is 112 Å². The van der Waals surface area contributed by atoms with E-state index >= 15 is 0 Å². The van der Waals surface area contributed by atoms with Gasteiger partial charge in [-0.3, -0.25) is 4.79 Å². The summed E-state index contributed by atoms with van der Waals surface area (Å²) < 4.78 is 0. The standard InChI is InChI=1S/C11H18ClN5O/c1-4-5-14-11-15-6-8(12)10(16-11)17(3)7-9(18)13-2/h6H,4-5,7H2,1-3H3,(H,13,18)(H,14,15,16). The molecule has 2 N–H and O–H groups in total. The Morgan fingerprint density at radius 1 is 1.56 bits per heavy atom. The summed E-state index contributed by atoms with van der Waals surface area (Å²) in [5.41, 5.74) is 0. The maximum atomic E-state index is 11.3. The second kappa shape index (κ2) is 7.00. The lowest BCUT2D eigenvalue weighted by Gasteiger charge is -2.18. The van der Waals surface area contributed by atoms with Gasteiger partial charge in [-0.25, -0.2) is 4.98 Å². The lowest BCUT2D eigenvalue weighted by Crippen LogP contribution is -2.33. The van der Waals surface area contributed by atoms with Crippen molar-refractivity contribution in [3.05, 3.63) is 11.2 Å². The molecule has 0 unspecified atom stereocenters. The molecule has 0 bridgehead atoms. The number of carbonyl (C=O) groups is 1. The Bertz CT molecular complexity index is 412. The molecule has 0 aliphatic rings. The van der Waals surface area contributed by atoms with Crippen LogP contribution < -0.4 is 15.5 Å². The molecule has 0 fully saturated rings. The highest BCUT2D eigenvalue weighted by molar-refractivity contribution is 6.32. The summed E-state index contributed by atoms with van der Waals surface area (Å²) >= 11 is 6.03. The number of hydrogen-bond donors (Lipinski definition) is 2. The molecule has 18 heavy (non-hydrogen) atoms. The van der Waals surface area contributed by atoms with Crippen molar-refractivity contribution in [2.75, 3.05) is 37.4 Å². The third-order valence-corrected chi connectivity index (χ3v) is 2.55. The average molecular weight is 272 g/mol. The molecule has 0 aliphatic carbocycles. The smallest absolute Gasteiger partial charge is 0.239 e. The predicted octanol–water partition coefficient (Wildman–Crippen LogP) is 1.13. The average Bonchev–Trinajstić information content (AvgIpc) is 2.37. The van der Waals surface area contributed by atoms with E-state index < -0.39 is 0 Å². The van der Waals surface area contributed by atoms with Crippen molar-refractivity contribution in [3.63, 3.8) is 0 Å². The first-order chi connectivity index (χ1) is 8.58. The molecule has 0 aliphatic heterocycles. The summed E-state index contributed by atoms with van der Waals surface area (Å²) in [4.78, 5) is 21.4. The minimum Gasteiger partial charge on any atom is -0.358 e. The second-order valence-corrected chi connectivity index (χ2v) is 4.23. The Kier molecular flexibility index (Phi) is 5.64. The van der Waals surface area contributed by atoms with E-state index in [9.17, 15) is 4.79 Å². The zero-order chi connectivity index (χ0) is 13.5. The number of nitrogens with zero attached hydrogens (tertiary/aromatic N) is 3. The summed E-state index contributed by atoms with van der Waals surface area (Å²) in [6.45, 7) is 3.04. The zero-order valence-electron chi connectivity index (χ0n) is 10.8. The van der Waals surface area contributed by atoms with Crippen LogP contribution in [0.2, 0.25) is 5.02 Å². The number of aromatic nitrogens is 2. The Balaban J connectivity index is 2.82. The molecule has 6 nitrogen and oxygen atoms in total. The number of carbonyl (C=O) groups excluding carboxylic acids is 1. The van der Waals surface area contributed by atoms with Gasteiger partial charge in [0.1, 0.15) is 5.02 Å². The van der Waals surface area contributed by atoms with E-state index in [4.69, 9.17) is 11.6 Å². The van der Waals surface area contributed by atoms with Gasteiger partial charge in [0.15, 0.2) is 5.82 Å². The number of likely N-dealkylation sites (N-methyl/N-ethyl adjacent to an activating group) is 2. The minimum absolute atomic E-state index is 0.102. The molecule has 0 spiro atoms. The van der Waals surface area contributed by atoms with Gasteiger partial charge >= 0.3 is 0 Å². The molecule has 1 aromatic heterocycles. The highest BCUT2D eigenvalue weighted by Gasteiger charge is 2.12. The number of amides is 1. The van der Waals surface area contributed by atoms with Crippen molar-refractivity contribution >= 4 is 29.3 Å². The Morgan fingerprint density at radius 3 is 2.89 bits per heavy atom. The highest BCUT2D eigenvalue weighted by Crippen LogP contribution is 2.22. The van der Waals surface area contributed by atoms with Crippen LogP contribution in [0.1, 0.15) is 13.3 Å². The first kappa shape index (κ1) is 14.5. The summed E-state index contributed by atoms with van der Waals surface area (Å²) in [5, 5.41) is 6.05. The highest BCUT2D eigenvalue weighted by atomic mass is 35.5. The van der Waals surface area contributed by atoms with Crippen LogP contribution in [0.4, 0.5) is 11.8 Å². The monoisotopic (exact) mass is 271 g/mol. The van der Waals surface area contributed by atoms with Crippen LogP contribution in [0, 0.1) is 0 Å². The van der Waals surface area contributed by atoms with Gasteiger partial charge in [-0.2, -0.15) is 4.98 Å². The van der Waals surface area contributed by atoms with Gasteiger partial charge in [-0.05, 0) is 6.42 Å². The van der Waals surface area contributed by atoms with E-state index in [-0.39, 0.29) is 12.5 Å². The lowest BCUT2D eigenvalue weighted by molar-refractivity contribution is -0.119. The van der Waals surface area contributed by atoms with Crippen molar-refractivity contribution in [1.82, 2.24) is 15.3 Å². The van der Waals surface area contributed by atoms with E-state index in [0.29, 0.717) is 16.8 Å². The van der Waals surface area contributed by atoms with Crippen LogP contribution in [-0.4, -0.2) is 43.1 Å². The van der Waals surface area contributed by atoms with Crippen molar-refractivity contribution in [3.8, 4) is 0 Å². The number of halogens is 1. The van der Waals surface area contributed by atoms with Crippen LogP contribution in [-0.2, 0) is 4.79 Å². The summed E-state index contributed by atoms with van der Waals surface area (Å²) in [7, 11) is 3.35. The van der Waals surface area contributed by atoms with Crippen molar-refractivity contribution in [2.45, 2.75) is 13.3 Å². The first-order valence-electron chi connectivity index (χ1n) is 5.76. The fourth-order valence-corrected chi connectivity index (χ4v) is 1.55. The number of anilines is 2. The molecular weight excluding hydrogens is 254 g/mol. The van der Waals surface area contributed by atoms with Crippen LogP contribution in [0.25, 0.3) is 0 Å². The predicted molar refractivity (Wildman–Crippen MR) is 73.2 cm³/mol. The van der Waals surface area contributed by atoms with Gasteiger partial charge < -0.3 is 15.5 Å². The maximum Gasteiger partial charge on any atom is 0.239 e. The van der Waals surface area contributed by atoms with E-state index in [2.05, 4.69) is 27.5 Å². The largest absolute Gasteiger partial charge is 0.358 e. The fourth-order valence-electron chi connectivity index (χ4n) is 1.32. The quantitative estimate of drug-likeness (QED) is 0.812. The lowest BCUT2D eigenvalue weighted by atomic mass is 10.4. The third kappa shape index (κ3) is 4.03. The van der Waals surface area contributed by atoms with Crippen LogP contribution in [0.5, 0.6) is 0 Å². The molecule has 0 radical (unpaired) electrons. The second-order valence-electron chi connectivity index (χ2n) is 3.82. The number of nitrogens with one attached hydrogen (secondary N) is 2. The molecule has 1 heterocycles. The molecule has 0 saturated carbocycles. The molecule has 1 amide bonds. The Morgan fingerprint density at radius 2 is 2.28 bits per heavy atom. The van der Waals surface area contributed by atoms with Gasteiger partial charge in [0.25, 0.3) is 0 Å². The summed E-state index contributed by atoms with van der Waals surface area (Å²) in [5.74, 6) is 0.948. The molecule has 7 heteroatoms. The van der Waals surface area contributed by atoms with E-state index in [0.717, 1.165) is 13.0 Å². The zero-order valence-corrected chi connectivity index (χ0v) is 11.6. The molecule has 0 saturated heterocycles. The van der Waals surface area contributed by atoms with Crippen LogP contribution in [0.15, 0.2) is 6.20 Å². The van der Waals surface area contributed by atoms with E-state index in [1.165, 1.54) is 6.20 Å². The summed E-state index contributed by atoms with van der Waals surface area (Å²) in [6, 6.07) is 0. The van der Waals surface area contributed by atoms with Gasteiger partial charge in [-0.1, -0.05) is 18.5 Å². The summed E-state index contributed by atoms with van der Waals surface area (Å²) in [6.07, 6.45) is 2.51. The maximum absolute atomic E-state index is 11.3. The minimum atomic E-state index is -0.102. The number of rotatable bonds is 6. The van der Waals surface area contributed by atoms with Crippen molar-refractivity contribution in [2.24, 2.45) is 0 Å². The van der Waals surface area contributed by atoms with Crippen molar-refractivity contribution < 1.29 is 4.79 Å². The van der Waals surface area contributed by atoms with Crippen molar-refractivity contribution in [1.29, 1.82) is 0 Å². The van der Waals surface area contributed by atoms with Gasteiger partial charge in [0.05, 0.1) is 12.7 Å². The SMILES string of the molecule is CCCNc1ncc(Cl)c(N(C)CC(=O)NC)n1.